The van der Waals surface area contributed by atoms with Crippen molar-refractivity contribution in [3.63, 3.8) is 0 Å². The van der Waals surface area contributed by atoms with Gasteiger partial charge in [-0.15, -0.1) is 0 Å². The molecule has 1 heterocycles. The highest BCUT2D eigenvalue weighted by Gasteiger charge is 2.42. The number of hydrogen-bond donors (Lipinski definition) is 0. The third-order valence-corrected chi connectivity index (χ3v) is 4.09. The smallest absolute Gasteiger partial charge is 0.166 e. The maximum atomic E-state index is 10.7. The number of carbonyl (C=O) groups excluding carboxylic acids is 1. The van der Waals surface area contributed by atoms with E-state index in [1.807, 2.05) is 30.1 Å². The topological polar surface area (TPSA) is 22.0 Å². The Kier molecular flexibility index (Phi) is 2.20. The van der Waals surface area contributed by atoms with Crippen molar-refractivity contribution in [3.8, 4) is 0 Å². The van der Waals surface area contributed by atoms with Crippen molar-refractivity contribution in [2.24, 2.45) is 0 Å². The normalized spacial score (nSPS) is 18.5. The van der Waals surface area contributed by atoms with Gasteiger partial charge in [-0.05, 0) is 31.2 Å². The molecule has 13 heavy (non-hydrogen) atoms. The second kappa shape index (κ2) is 3.22. The summed E-state index contributed by atoms with van der Waals surface area (Å²) in [5.74, 6) is 0. The lowest BCUT2D eigenvalue weighted by atomic mass is 10.4. The van der Waals surface area contributed by atoms with E-state index in [2.05, 4.69) is 10.8 Å². The van der Waals surface area contributed by atoms with Gasteiger partial charge in [0.1, 0.15) is 0 Å². The van der Waals surface area contributed by atoms with Crippen LogP contribution in [0, 0.1) is 0 Å². The molecule has 1 aromatic heterocycles. The molecule has 1 fully saturated rings. The Morgan fingerprint density at radius 2 is 2.46 bits per heavy atom. The molecule has 70 valence electrons. The Balaban J connectivity index is 2.13. The summed E-state index contributed by atoms with van der Waals surface area (Å²) in [6, 6.07) is 3.80. The van der Waals surface area contributed by atoms with Crippen molar-refractivity contribution in [2.75, 3.05) is 6.26 Å². The van der Waals surface area contributed by atoms with Crippen LogP contribution in [0.15, 0.2) is 18.3 Å². The number of thioether (sulfide) groups is 1. The van der Waals surface area contributed by atoms with E-state index in [4.69, 9.17) is 0 Å². The fourth-order valence-electron chi connectivity index (χ4n) is 1.55. The van der Waals surface area contributed by atoms with Crippen molar-refractivity contribution in [1.82, 2.24) is 4.57 Å². The third kappa shape index (κ3) is 1.66. The molecule has 0 unspecified atom stereocenters. The Hall–Kier alpha value is -0.700. The summed E-state index contributed by atoms with van der Waals surface area (Å²) in [5.41, 5.74) is 0.792. The summed E-state index contributed by atoms with van der Waals surface area (Å²) in [6.45, 7) is 0.981. The number of aldehydes is 1. The van der Waals surface area contributed by atoms with Crippen LogP contribution >= 0.6 is 11.8 Å². The van der Waals surface area contributed by atoms with E-state index in [0.717, 1.165) is 18.5 Å². The van der Waals surface area contributed by atoms with E-state index in [1.54, 1.807) is 0 Å². The molecule has 0 radical (unpaired) electrons. The summed E-state index contributed by atoms with van der Waals surface area (Å²) < 4.78 is 2.48. The fourth-order valence-corrected chi connectivity index (χ4v) is 2.33. The van der Waals surface area contributed by atoms with Crippen LogP contribution in [0.5, 0.6) is 0 Å². The molecular formula is C10H13NOS. The Morgan fingerprint density at radius 3 is 3.00 bits per heavy atom. The Labute approximate surface area is 82.3 Å². The first-order valence-corrected chi connectivity index (χ1v) is 5.68. The Bertz CT molecular complexity index is 314. The zero-order valence-electron chi connectivity index (χ0n) is 7.69. The molecule has 1 aliphatic rings. The molecule has 0 bridgehead atoms. The lowest BCUT2D eigenvalue weighted by molar-refractivity contribution is 0.111. The van der Waals surface area contributed by atoms with Crippen molar-refractivity contribution in [2.45, 2.75) is 24.1 Å². The van der Waals surface area contributed by atoms with Crippen LogP contribution in [-0.4, -0.2) is 21.9 Å². The first kappa shape index (κ1) is 8.88. The predicted molar refractivity (Wildman–Crippen MR) is 55.3 cm³/mol. The number of hydrogen-bond acceptors (Lipinski definition) is 2. The first-order valence-electron chi connectivity index (χ1n) is 4.45. The van der Waals surface area contributed by atoms with Crippen LogP contribution in [-0.2, 0) is 6.54 Å². The molecular weight excluding hydrogens is 182 g/mol. The minimum absolute atomic E-state index is 0.427. The summed E-state index contributed by atoms with van der Waals surface area (Å²) in [7, 11) is 0. The highest BCUT2D eigenvalue weighted by atomic mass is 32.2. The van der Waals surface area contributed by atoms with Crippen molar-refractivity contribution in [3.05, 3.63) is 24.0 Å². The van der Waals surface area contributed by atoms with Gasteiger partial charge >= 0.3 is 0 Å². The molecule has 0 N–H and O–H groups in total. The largest absolute Gasteiger partial charge is 0.344 e. The van der Waals surface area contributed by atoms with Gasteiger partial charge in [0.05, 0.1) is 5.69 Å². The lowest BCUT2D eigenvalue weighted by Crippen LogP contribution is -2.14. The molecule has 0 saturated heterocycles. The number of rotatable bonds is 4. The van der Waals surface area contributed by atoms with Gasteiger partial charge in [-0.25, -0.2) is 0 Å². The quantitative estimate of drug-likeness (QED) is 0.687. The van der Waals surface area contributed by atoms with Crippen LogP contribution in [0.1, 0.15) is 23.3 Å². The molecule has 0 aromatic carbocycles. The maximum Gasteiger partial charge on any atom is 0.166 e. The molecule has 0 atom stereocenters. The standard InChI is InChI=1S/C10H13NOS/c1-13-10(4-5-10)8-11-6-2-3-9(11)7-12/h2-3,6-7H,4-5,8H2,1H3. The van der Waals surface area contributed by atoms with Gasteiger partial charge in [0.25, 0.3) is 0 Å². The van der Waals surface area contributed by atoms with Crippen molar-refractivity contribution in [1.29, 1.82) is 0 Å². The summed E-state index contributed by atoms with van der Waals surface area (Å²) in [6.07, 6.45) is 7.63. The van der Waals surface area contributed by atoms with Crippen LogP contribution in [0.25, 0.3) is 0 Å². The molecule has 1 aliphatic carbocycles. The average Bonchev–Trinajstić information content (AvgIpc) is 2.78. The van der Waals surface area contributed by atoms with E-state index in [1.165, 1.54) is 12.8 Å². The van der Waals surface area contributed by atoms with Crippen LogP contribution in [0.3, 0.4) is 0 Å². The molecule has 2 nitrogen and oxygen atoms in total. The predicted octanol–water partition coefficient (Wildman–Crippen LogP) is 2.20. The number of aromatic nitrogens is 1. The molecule has 3 heteroatoms. The van der Waals surface area contributed by atoms with E-state index in [0.29, 0.717) is 4.75 Å². The highest BCUT2D eigenvalue weighted by Crippen LogP contribution is 2.48. The minimum atomic E-state index is 0.427. The Morgan fingerprint density at radius 1 is 1.69 bits per heavy atom. The van der Waals surface area contributed by atoms with Crippen LogP contribution < -0.4 is 0 Å². The van der Waals surface area contributed by atoms with Gasteiger partial charge in [-0.1, -0.05) is 0 Å². The molecule has 0 spiro atoms. The molecule has 2 rings (SSSR count). The van der Waals surface area contributed by atoms with Gasteiger partial charge < -0.3 is 4.57 Å². The monoisotopic (exact) mass is 195 g/mol. The van der Waals surface area contributed by atoms with E-state index < -0.39 is 0 Å². The first-order chi connectivity index (χ1) is 6.29. The van der Waals surface area contributed by atoms with Crippen LogP contribution in [0.2, 0.25) is 0 Å². The van der Waals surface area contributed by atoms with Gasteiger partial charge in [0, 0.05) is 17.5 Å². The van der Waals surface area contributed by atoms with Gasteiger partial charge in [0.2, 0.25) is 0 Å². The van der Waals surface area contributed by atoms with E-state index in [-0.39, 0.29) is 0 Å². The maximum absolute atomic E-state index is 10.7. The average molecular weight is 195 g/mol. The zero-order chi connectivity index (χ0) is 9.31. The van der Waals surface area contributed by atoms with Gasteiger partial charge in [0.15, 0.2) is 6.29 Å². The van der Waals surface area contributed by atoms with E-state index in [9.17, 15) is 4.79 Å². The van der Waals surface area contributed by atoms with Crippen molar-refractivity contribution >= 4 is 18.0 Å². The molecule has 0 amide bonds. The number of nitrogens with zero attached hydrogens (tertiary/aromatic N) is 1. The minimum Gasteiger partial charge on any atom is -0.344 e. The van der Waals surface area contributed by atoms with Gasteiger partial charge in [-0.3, -0.25) is 4.79 Å². The van der Waals surface area contributed by atoms with Crippen LogP contribution in [0.4, 0.5) is 0 Å². The molecule has 0 aliphatic heterocycles. The van der Waals surface area contributed by atoms with Gasteiger partial charge in [-0.2, -0.15) is 11.8 Å². The van der Waals surface area contributed by atoms with Crippen molar-refractivity contribution < 1.29 is 4.79 Å². The molecule has 1 aromatic rings. The second-order valence-electron chi connectivity index (χ2n) is 3.57. The number of carbonyl (C=O) groups is 1. The SMILES string of the molecule is CSC1(Cn2cccc2C=O)CC1. The third-order valence-electron chi connectivity index (χ3n) is 2.68. The summed E-state index contributed by atoms with van der Waals surface area (Å²) >= 11 is 1.92. The summed E-state index contributed by atoms with van der Waals surface area (Å²) in [5, 5.41) is 0. The summed E-state index contributed by atoms with van der Waals surface area (Å²) in [4.78, 5) is 10.7. The second-order valence-corrected chi connectivity index (χ2v) is 4.84. The van der Waals surface area contributed by atoms with E-state index >= 15 is 0 Å². The lowest BCUT2D eigenvalue weighted by Gasteiger charge is -2.13. The zero-order valence-corrected chi connectivity index (χ0v) is 8.51. The highest BCUT2D eigenvalue weighted by molar-refractivity contribution is 8.00. The fraction of sp³-hybridized carbons (Fsp3) is 0.500. The molecule has 1 saturated carbocycles.